The van der Waals surface area contributed by atoms with Crippen molar-refractivity contribution >= 4 is 0 Å². The molecule has 0 spiro atoms. The Hall–Kier alpha value is -1.69. The number of halogens is 1. The predicted octanol–water partition coefficient (Wildman–Crippen LogP) is 1.67. The van der Waals surface area contributed by atoms with Gasteiger partial charge >= 0.3 is 0 Å². The fourth-order valence-corrected chi connectivity index (χ4v) is 2.07. The van der Waals surface area contributed by atoms with E-state index < -0.39 is 0 Å². The average Bonchev–Trinajstić information content (AvgIpc) is 2.98. The quantitative estimate of drug-likeness (QED) is 0.832. The van der Waals surface area contributed by atoms with Crippen LogP contribution in [-0.2, 0) is 0 Å². The van der Waals surface area contributed by atoms with Crippen LogP contribution in [0.5, 0.6) is 0 Å². The van der Waals surface area contributed by atoms with E-state index in [4.69, 9.17) is 4.52 Å². The van der Waals surface area contributed by atoms with Gasteiger partial charge in [0.15, 0.2) is 0 Å². The number of piperidine rings is 1. The van der Waals surface area contributed by atoms with Crippen molar-refractivity contribution in [3.05, 3.63) is 24.0 Å². The molecular formula is C11H13FN4O. The molecule has 0 unspecified atom stereocenters. The van der Waals surface area contributed by atoms with E-state index in [1.165, 1.54) is 12.3 Å². The molecule has 3 heterocycles. The second kappa shape index (κ2) is 4.29. The predicted molar refractivity (Wildman–Crippen MR) is 58.9 cm³/mol. The van der Waals surface area contributed by atoms with Crippen LogP contribution in [0.2, 0.25) is 0 Å². The molecule has 6 heteroatoms. The number of nitrogens with one attached hydrogen (secondary N) is 2. The van der Waals surface area contributed by atoms with Crippen LogP contribution in [0.3, 0.4) is 0 Å². The van der Waals surface area contributed by atoms with Crippen molar-refractivity contribution in [2.75, 3.05) is 13.1 Å². The van der Waals surface area contributed by atoms with Crippen molar-refractivity contribution in [1.82, 2.24) is 20.4 Å². The van der Waals surface area contributed by atoms with E-state index in [-0.39, 0.29) is 11.7 Å². The largest absolute Gasteiger partial charge is 0.356 e. The van der Waals surface area contributed by atoms with Gasteiger partial charge in [0.1, 0.15) is 5.82 Å². The lowest BCUT2D eigenvalue weighted by molar-refractivity contribution is 0.322. The summed E-state index contributed by atoms with van der Waals surface area (Å²) in [7, 11) is 0. The molecule has 1 saturated heterocycles. The van der Waals surface area contributed by atoms with E-state index in [0.717, 1.165) is 25.9 Å². The first-order valence-electron chi connectivity index (χ1n) is 5.71. The molecule has 0 bridgehead atoms. The fourth-order valence-electron chi connectivity index (χ4n) is 2.07. The molecule has 2 N–H and O–H groups in total. The summed E-state index contributed by atoms with van der Waals surface area (Å²) < 4.78 is 18.1. The van der Waals surface area contributed by atoms with Gasteiger partial charge in [0.2, 0.25) is 11.7 Å². The van der Waals surface area contributed by atoms with Gasteiger partial charge in [0.25, 0.3) is 0 Å². The SMILES string of the molecule is Fc1c[nH]c(-c2noc([C@H]3CCCNC3)n2)c1. The lowest BCUT2D eigenvalue weighted by Crippen LogP contribution is -2.28. The van der Waals surface area contributed by atoms with Gasteiger partial charge in [-0.25, -0.2) is 4.39 Å². The van der Waals surface area contributed by atoms with Gasteiger partial charge in [-0.15, -0.1) is 0 Å². The summed E-state index contributed by atoms with van der Waals surface area (Å²) in [5, 5.41) is 7.15. The van der Waals surface area contributed by atoms with Gasteiger partial charge < -0.3 is 14.8 Å². The van der Waals surface area contributed by atoms with Crippen LogP contribution in [-0.4, -0.2) is 28.2 Å². The Kier molecular flexibility index (Phi) is 2.64. The Morgan fingerprint density at radius 2 is 2.41 bits per heavy atom. The zero-order chi connectivity index (χ0) is 11.7. The van der Waals surface area contributed by atoms with Gasteiger partial charge in [-0.2, -0.15) is 4.98 Å². The lowest BCUT2D eigenvalue weighted by atomic mass is 10.00. The van der Waals surface area contributed by atoms with Gasteiger partial charge in [0.05, 0.1) is 11.6 Å². The minimum Gasteiger partial charge on any atom is -0.356 e. The third-order valence-corrected chi connectivity index (χ3v) is 2.98. The topological polar surface area (TPSA) is 66.7 Å². The molecule has 5 nitrogen and oxygen atoms in total. The summed E-state index contributed by atoms with van der Waals surface area (Å²) in [6.07, 6.45) is 3.43. The number of hydrogen-bond acceptors (Lipinski definition) is 4. The lowest BCUT2D eigenvalue weighted by Gasteiger charge is -2.18. The standard InChI is InChI=1S/C11H13FN4O/c12-8-4-9(14-6-8)10-15-11(17-16-10)7-2-1-3-13-5-7/h4,6-7,13-14H,1-3,5H2/t7-/m0/s1. The maximum atomic E-state index is 12.8. The van der Waals surface area contributed by atoms with E-state index in [1.54, 1.807) is 0 Å². The summed E-state index contributed by atoms with van der Waals surface area (Å²) in [5.74, 6) is 0.979. The molecular weight excluding hydrogens is 223 g/mol. The maximum Gasteiger partial charge on any atom is 0.231 e. The van der Waals surface area contributed by atoms with E-state index in [1.807, 2.05) is 0 Å². The molecule has 1 aliphatic heterocycles. The van der Waals surface area contributed by atoms with E-state index in [2.05, 4.69) is 20.4 Å². The molecule has 1 atom stereocenters. The third kappa shape index (κ3) is 2.08. The monoisotopic (exact) mass is 236 g/mol. The highest BCUT2D eigenvalue weighted by Gasteiger charge is 2.22. The second-order valence-corrected chi connectivity index (χ2v) is 4.23. The second-order valence-electron chi connectivity index (χ2n) is 4.23. The molecule has 1 aliphatic rings. The molecule has 17 heavy (non-hydrogen) atoms. The summed E-state index contributed by atoms with van der Waals surface area (Å²) in [6, 6.07) is 1.35. The zero-order valence-corrected chi connectivity index (χ0v) is 9.24. The summed E-state index contributed by atoms with van der Waals surface area (Å²) in [4.78, 5) is 7.06. The van der Waals surface area contributed by atoms with E-state index >= 15 is 0 Å². The minimum absolute atomic E-state index is 0.268. The Labute approximate surface area is 97.4 Å². The zero-order valence-electron chi connectivity index (χ0n) is 9.24. The first-order chi connectivity index (χ1) is 8.33. The van der Waals surface area contributed by atoms with Crippen molar-refractivity contribution in [1.29, 1.82) is 0 Å². The highest BCUT2D eigenvalue weighted by molar-refractivity contribution is 5.48. The van der Waals surface area contributed by atoms with E-state index in [0.29, 0.717) is 17.4 Å². The molecule has 2 aromatic heterocycles. The highest BCUT2D eigenvalue weighted by Crippen LogP contribution is 2.24. The van der Waals surface area contributed by atoms with Crippen LogP contribution in [0.25, 0.3) is 11.5 Å². The number of hydrogen-bond donors (Lipinski definition) is 2. The van der Waals surface area contributed by atoms with Crippen LogP contribution in [0.4, 0.5) is 4.39 Å². The average molecular weight is 236 g/mol. The normalized spacial score (nSPS) is 20.6. The first kappa shape index (κ1) is 10.5. The van der Waals surface area contributed by atoms with Crippen LogP contribution >= 0.6 is 0 Å². The minimum atomic E-state index is -0.328. The molecule has 0 aromatic carbocycles. The molecule has 0 saturated carbocycles. The fraction of sp³-hybridized carbons (Fsp3) is 0.455. The number of aromatic amines is 1. The molecule has 0 radical (unpaired) electrons. The Bertz CT molecular complexity index is 501. The number of nitrogens with zero attached hydrogens (tertiary/aromatic N) is 2. The Morgan fingerprint density at radius 1 is 1.47 bits per heavy atom. The van der Waals surface area contributed by atoms with Crippen molar-refractivity contribution < 1.29 is 8.91 Å². The number of H-pyrrole nitrogens is 1. The molecule has 2 aromatic rings. The molecule has 90 valence electrons. The van der Waals surface area contributed by atoms with Gasteiger partial charge in [-0.3, -0.25) is 0 Å². The van der Waals surface area contributed by atoms with Gasteiger partial charge in [-0.1, -0.05) is 5.16 Å². The molecule has 0 aliphatic carbocycles. The Balaban J connectivity index is 1.82. The third-order valence-electron chi connectivity index (χ3n) is 2.98. The van der Waals surface area contributed by atoms with Crippen LogP contribution < -0.4 is 5.32 Å². The van der Waals surface area contributed by atoms with Crippen LogP contribution in [0.15, 0.2) is 16.8 Å². The van der Waals surface area contributed by atoms with Crippen molar-refractivity contribution in [3.63, 3.8) is 0 Å². The van der Waals surface area contributed by atoms with Crippen molar-refractivity contribution in [3.8, 4) is 11.5 Å². The number of rotatable bonds is 2. The van der Waals surface area contributed by atoms with Crippen LogP contribution in [0, 0.1) is 5.82 Å². The van der Waals surface area contributed by atoms with E-state index in [9.17, 15) is 4.39 Å². The van der Waals surface area contributed by atoms with Crippen molar-refractivity contribution in [2.24, 2.45) is 0 Å². The Morgan fingerprint density at radius 3 is 3.12 bits per heavy atom. The summed E-state index contributed by atoms with van der Waals surface area (Å²) >= 11 is 0. The molecule has 3 rings (SSSR count). The maximum absolute atomic E-state index is 12.8. The van der Waals surface area contributed by atoms with Crippen LogP contribution in [0.1, 0.15) is 24.7 Å². The van der Waals surface area contributed by atoms with Gasteiger partial charge in [-0.05, 0) is 19.4 Å². The van der Waals surface area contributed by atoms with Crippen molar-refractivity contribution in [2.45, 2.75) is 18.8 Å². The number of aromatic nitrogens is 3. The molecule has 1 fully saturated rings. The summed E-state index contributed by atoms with van der Waals surface area (Å²) in [5.41, 5.74) is 0.543. The van der Waals surface area contributed by atoms with Gasteiger partial charge in [0, 0.05) is 18.8 Å². The summed E-state index contributed by atoms with van der Waals surface area (Å²) in [6.45, 7) is 1.90. The smallest absolute Gasteiger partial charge is 0.231 e. The highest BCUT2D eigenvalue weighted by atomic mass is 19.1. The first-order valence-corrected chi connectivity index (χ1v) is 5.71. The molecule has 0 amide bonds.